The van der Waals surface area contributed by atoms with Gasteiger partial charge in [0.05, 0.1) is 10.6 Å². The van der Waals surface area contributed by atoms with Crippen LogP contribution in [0, 0.1) is 6.92 Å². The zero-order valence-electron chi connectivity index (χ0n) is 18.4. The first kappa shape index (κ1) is 22.2. The van der Waals surface area contributed by atoms with E-state index < -0.39 is 10.0 Å². The van der Waals surface area contributed by atoms with Gasteiger partial charge in [-0.3, -0.25) is 14.5 Å². The fraction of sp³-hybridized carbons (Fsp3) is 0.429. The smallest absolute Gasteiger partial charge is 0.243 e. The topological polar surface area (TPSA) is 107 Å². The Kier molecular flexibility index (Phi) is 5.87. The summed E-state index contributed by atoms with van der Waals surface area (Å²) >= 11 is 0. The van der Waals surface area contributed by atoms with E-state index >= 15 is 0 Å². The molecule has 2 fully saturated rings. The lowest BCUT2D eigenvalue weighted by Crippen LogP contribution is -2.49. The number of carbonyl (C=O) groups is 2. The van der Waals surface area contributed by atoms with Crippen molar-refractivity contribution in [2.24, 2.45) is 0 Å². The molecule has 0 unspecified atom stereocenters. The summed E-state index contributed by atoms with van der Waals surface area (Å²) in [5.74, 6) is 0.864. The molecule has 0 N–H and O–H groups in total. The summed E-state index contributed by atoms with van der Waals surface area (Å²) in [6.45, 7) is 3.48. The number of sulfonamides is 1. The van der Waals surface area contributed by atoms with Crippen molar-refractivity contribution in [3.8, 4) is 0 Å². The van der Waals surface area contributed by atoms with Gasteiger partial charge in [0.25, 0.3) is 0 Å². The second-order valence-electron chi connectivity index (χ2n) is 8.07. The molecule has 4 rings (SSSR count). The highest BCUT2D eigenvalue weighted by Gasteiger charge is 2.32. The Labute approximate surface area is 187 Å². The van der Waals surface area contributed by atoms with Crippen molar-refractivity contribution in [2.45, 2.75) is 24.7 Å². The average molecular weight is 459 g/mol. The first-order valence-corrected chi connectivity index (χ1v) is 11.8. The molecule has 0 bridgehead atoms. The monoisotopic (exact) mass is 458 g/mol. The minimum absolute atomic E-state index is 0.135. The normalized spacial score (nSPS) is 17.8. The molecule has 1 aromatic heterocycles. The first-order valence-electron chi connectivity index (χ1n) is 10.4. The van der Waals surface area contributed by atoms with Crippen LogP contribution in [-0.2, 0) is 19.6 Å². The minimum Gasteiger partial charge on any atom is -0.363 e. The number of amides is 2. The number of carbonyl (C=O) groups excluding carboxylic acids is 2. The number of aryl methyl sites for hydroxylation is 1. The molecule has 0 atom stereocenters. The third-order valence-electron chi connectivity index (χ3n) is 5.59. The van der Waals surface area contributed by atoms with E-state index in [1.807, 2.05) is 36.9 Å². The van der Waals surface area contributed by atoms with Crippen LogP contribution in [-0.4, -0.2) is 74.8 Å². The highest BCUT2D eigenvalue weighted by molar-refractivity contribution is 7.89. The molecule has 2 amide bonds. The number of anilines is 3. The SMILES string of the molecule is Cc1cc(N(C)C)nc(N2CCN(S(=O)(=O)c3ccc(N4C(=O)CCC4=O)cc3)CC2)n1. The summed E-state index contributed by atoms with van der Waals surface area (Å²) in [5.41, 5.74) is 1.25. The van der Waals surface area contributed by atoms with Crippen LogP contribution in [0.25, 0.3) is 0 Å². The van der Waals surface area contributed by atoms with Crippen LogP contribution in [0.2, 0.25) is 0 Å². The Balaban J connectivity index is 1.46. The van der Waals surface area contributed by atoms with Gasteiger partial charge in [-0.05, 0) is 31.2 Å². The van der Waals surface area contributed by atoms with Gasteiger partial charge < -0.3 is 9.80 Å². The van der Waals surface area contributed by atoms with Crippen LogP contribution in [0.4, 0.5) is 17.5 Å². The van der Waals surface area contributed by atoms with Crippen molar-refractivity contribution in [3.63, 3.8) is 0 Å². The Morgan fingerprint density at radius 2 is 1.50 bits per heavy atom. The number of benzene rings is 1. The average Bonchev–Trinajstić information content (AvgIpc) is 3.11. The van der Waals surface area contributed by atoms with Gasteiger partial charge in [0, 0.05) is 64.9 Å². The highest BCUT2D eigenvalue weighted by atomic mass is 32.2. The zero-order chi connectivity index (χ0) is 23.0. The quantitative estimate of drug-likeness (QED) is 0.611. The molecule has 10 nitrogen and oxygen atoms in total. The Hall–Kier alpha value is -3.05. The van der Waals surface area contributed by atoms with Gasteiger partial charge in [0.15, 0.2) is 0 Å². The van der Waals surface area contributed by atoms with Gasteiger partial charge in [-0.15, -0.1) is 0 Å². The Morgan fingerprint density at radius 1 is 0.906 bits per heavy atom. The highest BCUT2D eigenvalue weighted by Crippen LogP contribution is 2.26. The van der Waals surface area contributed by atoms with Crippen LogP contribution >= 0.6 is 0 Å². The zero-order valence-corrected chi connectivity index (χ0v) is 19.2. The second kappa shape index (κ2) is 8.47. The molecule has 2 saturated heterocycles. The van der Waals surface area contributed by atoms with Gasteiger partial charge >= 0.3 is 0 Å². The van der Waals surface area contributed by atoms with Crippen molar-refractivity contribution >= 4 is 39.3 Å². The lowest BCUT2D eigenvalue weighted by molar-refractivity contribution is -0.121. The lowest BCUT2D eigenvalue weighted by Gasteiger charge is -2.34. The summed E-state index contributed by atoms with van der Waals surface area (Å²) in [6, 6.07) is 7.81. The van der Waals surface area contributed by atoms with E-state index in [2.05, 4.69) is 9.97 Å². The van der Waals surface area contributed by atoms with Crippen molar-refractivity contribution in [2.75, 3.05) is 55.0 Å². The van der Waals surface area contributed by atoms with E-state index in [-0.39, 0.29) is 29.6 Å². The summed E-state index contributed by atoms with van der Waals surface area (Å²) in [4.78, 5) is 38.0. The van der Waals surface area contributed by atoms with Crippen molar-refractivity contribution in [1.82, 2.24) is 14.3 Å². The first-order chi connectivity index (χ1) is 15.2. The predicted octanol–water partition coefficient (Wildman–Crippen LogP) is 1.02. The number of piperazine rings is 1. The van der Waals surface area contributed by atoms with Crippen LogP contribution < -0.4 is 14.7 Å². The molecule has 0 aliphatic carbocycles. The van der Waals surface area contributed by atoms with Crippen molar-refractivity contribution < 1.29 is 18.0 Å². The maximum absolute atomic E-state index is 13.1. The third-order valence-corrected chi connectivity index (χ3v) is 7.51. The minimum atomic E-state index is -3.70. The van der Waals surface area contributed by atoms with E-state index in [0.29, 0.717) is 37.8 Å². The molecule has 170 valence electrons. The van der Waals surface area contributed by atoms with Gasteiger partial charge in [0.1, 0.15) is 5.82 Å². The van der Waals surface area contributed by atoms with Crippen LogP contribution in [0.5, 0.6) is 0 Å². The van der Waals surface area contributed by atoms with E-state index in [9.17, 15) is 18.0 Å². The number of imide groups is 1. The molecule has 2 aliphatic rings. The van der Waals surface area contributed by atoms with Gasteiger partial charge in [0.2, 0.25) is 27.8 Å². The maximum atomic E-state index is 13.1. The van der Waals surface area contributed by atoms with E-state index in [0.717, 1.165) is 16.4 Å². The number of hydrogen-bond donors (Lipinski definition) is 0. The molecule has 1 aromatic carbocycles. The summed E-state index contributed by atoms with van der Waals surface area (Å²) in [5, 5.41) is 0. The Bertz CT molecular complexity index is 1130. The third kappa shape index (κ3) is 4.17. The summed E-state index contributed by atoms with van der Waals surface area (Å²) < 4.78 is 27.7. The number of nitrogens with zero attached hydrogens (tertiary/aromatic N) is 6. The van der Waals surface area contributed by atoms with E-state index in [1.165, 1.54) is 28.6 Å². The molecule has 2 aromatic rings. The van der Waals surface area contributed by atoms with Gasteiger partial charge in [-0.25, -0.2) is 13.4 Å². The summed E-state index contributed by atoms with van der Waals surface area (Å²) in [7, 11) is 0.132. The van der Waals surface area contributed by atoms with Crippen LogP contribution in [0.1, 0.15) is 18.5 Å². The van der Waals surface area contributed by atoms with E-state index in [4.69, 9.17) is 0 Å². The molecule has 0 spiro atoms. The summed E-state index contributed by atoms with van der Waals surface area (Å²) in [6.07, 6.45) is 0.369. The molecule has 32 heavy (non-hydrogen) atoms. The predicted molar refractivity (Wildman–Crippen MR) is 120 cm³/mol. The maximum Gasteiger partial charge on any atom is 0.243 e. The lowest BCUT2D eigenvalue weighted by atomic mass is 10.3. The Morgan fingerprint density at radius 3 is 2.06 bits per heavy atom. The molecular formula is C21H26N6O4S. The number of hydrogen-bond acceptors (Lipinski definition) is 8. The van der Waals surface area contributed by atoms with E-state index in [1.54, 1.807) is 0 Å². The molecule has 0 radical (unpaired) electrons. The van der Waals surface area contributed by atoms with Crippen LogP contribution in [0.3, 0.4) is 0 Å². The van der Waals surface area contributed by atoms with Gasteiger partial charge in [-0.1, -0.05) is 0 Å². The molecule has 11 heteroatoms. The molecule has 0 saturated carbocycles. The fourth-order valence-electron chi connectivity index (χ4n) is 3.82. The van der Waals surface area contributed by atoms with Gasteiger partial charge in [-0.2, -0.15) is 9.29 Å². The van der Waals surface area contributed by atoms with Crippen molar-refractivity contribution in [3.05, 3.63) is 36.0 Å². The number of rotatable bonds is 5. The molecule has 3 heterocycles. The second-order valence-corrected chi connectivity index (χ2v) is 10.0. The molecular weight excluding hydrogens is 432 g/mol. The largest absolute Gasteiger partial charge is 0.363 e. The standard InChI is InChI=1S/C21H26N6O4S/c1-15-14-18(24(2)3)23-21(22-15)25-10-12-26(13-11-25)32(30,31)17-6-4-16(5-7-17)27-19(28)8-9-20(27)29/h4-7,14H,8-13H2,1-3H3. The fourth-order valence-corrected chi connectivity index (χ4v) is 5.24. The molecule has 2 aliphatic heterocycles. The van der Waals surface area contributed by atoms with Crippen molar-refractivity contribution in [1.29, 1.82) is 0 Å². The number of aromatic nitrogens is 2. The van der Waals surface area contributed by atoms with Crippen LogP contribution in [0.15, 0.2) is 35.2 Å².